The Kier molecular flexibility index (Phi) is 4.99. The average molecular weight is 412 g/mol. The minimum Gasteiger partial charge on any atom is -0.319 e. The number of nitrogens with zero attached hydrogens (tertiary/aromatic N) is 1. The average Bonchev–Trinajstić information content (AvgIpc) is 2.71. The van der Waals surface area contributed by atoms with Crippen LogP contribution in [0.4, 0.5) is 18.9 Å². The number of halogens is 3. The monoisotopic (exact) mass is 412 g/mol. The van der Waals surface area contributed by atoms with Crippen molar-refractivity contribution in [1.82, 2.24) is 4.57 Å². The van der Waals surface area contributed by atoms with Gasteiger partial charge >= 0.3 is 0 Å². The van der Waals surface area contributed by atoms with Crippen molar-refractivity contribution in [2.24, 2.45) is 0 Å². The van der Waals surface area contributed by atoms with Crippen molar-refractivity contribution in [1.29, 1.82) is 0 Å². The molecule has 1 aliphatic carbocycles. The van der Waals surface area contributed by atoms with Crippen LogP contribution in [0.25, 0.3) is 5.69 Å². The molecule has 30 heavy (non-hydrogen) atoms. The smallest absolute Gasteiger partial charge is 0.268 e. The number of aromatic nitrogens is 1. The number of ketones is 1. The van der Waals surface area contributed by atoms with Crippen molar-refractivity contribution in [3.63, 3.8) is 0 Å². The first-order valence-electron chi connectivity index (χ1n) is 9.19. The van der Waals surface area contributed by atoms with Gasteiger partial charge < -0.3 is 5.32 Å². The first kappa shape index (κ1) is 19.6. The van der Waals surface area contributed by atoms with Crippen LogP contribution in [-0.4, -0.2) is 16.3 Å². The molecule has 0 spiro atoms. The largest absolute Gasteiger partial charge is 0.319 e. The molecule has 3 aromatic rings. The number of carbonyl (C=O) groups is 2. The van der Waals surface area contributed by atoms with E-state index >= 15 is 0 Å². The highest BCUT2D eigenvalue weighted by atomic mass is 19.1. The third kappa shape index (κ3) is 3.52. The topological polar surface area (TPSA) is 68.2 Å². The Balaban J connectivity index is 1.87. The van der Waals surface area contributed by atoms with Crippen LogP contribution in [0.2, 0.25) is 0 Å². The Morgan fingerprint density at radius 3 is 2.33 bits per heavy atom. The number of nitrogens with one attached hydrogen (secondary N) is 1. The number of pyridine rings is 1. The summed E-state index contributed by atoms with van der Waals surface area (Å²) in [5.41, 5.74) is -0.663. The zero-order chi connectivity index (χ0) is 21.4. The molecule has 0 bridgehead atoms. The number of benzene rings is 2. The van der Waals surface area contributed by atoms with Crippen LogP contribution in [0.3, 0.4) is 0 Å². The van der Waals surface area contributed by atoms with E-state index < -0.39 is 40.2 Å². The molecular formula is C22H15F3N2O3. The summed E-state index contributed by atoms with van der Waals surface area (Å²) in [6.45, 7) is 0. The SMILES string of the molecule is O=C1CCCc2c1cc(C(=O)Nc1cc(F)ccc1F)c(=O)n2-c1ccc(F)cc1. The third-order valence-corrected chi connectivity index (χ3v) is 4.93. The maximum absolute atomic E-state index is 13.9. The van der Waals surface area contributed by atoms with E-state index in [0.29, 0.717) is 24.2 Å². The molecule has 1 amide bonds. The molecule has 4 rings (SSSR count). The van der Waals surface area contributed by atoms with Crippen LogP contribution in [0, 0.1) is 17.5 Å². The van der Waals surface area contributed by atoms with Crippen molar-refractivity contribution in [2.45, 2.75) is 19.3 Å². The lowest BCUT2D eigenvalue weighted by Crippen LogP contribution is -2.33. The van der Waals surface area contributed by atoms with E-state index in [1.165, 1.54) is 22.8 Å². The number of fused-ring (bicyclic) bond motifs is 1. The minimum atomic E-state index is -0.985. The summed E-state index contributed by atoms with van der Waals surface area (Å²) in [7, 11) is 0. The fourth-order valence-electron chi connectivity index (χ4n) is 3.50. The highest BCUT2D eigenvalue weighted by Crippen LogP contribution is 2.24. The highest BCUT2D eigenvalue weighted by Gasteiger charge is 2.26. The van der Waals surface area contributed by atoms with Crippen LogP contribution in [-0.2, 0) is 6.42 Å². The summed E-state index contributed by atoms with van der Waals surface area (Å²) in [4.78, 5) is 38.3. The van der Waals surface area contributed by atoms with Crippen LogP contribution in [0.1, 0.15) is 39.3 Å². The predicted molar refractivity (Wildman–Crippen MR) is 104 cm³/mol. The third-order valence-electron chi connectivity index (χ3n) is 4.93. The van der Waals surface area contributed by atoms with E-state index in [-0.39, 0.29) is 17.8 Å². The Labute approximate surface area is 168 Å². The number of rotatable bonds is 3. The molecular weight excluding hydrogens is 397 g/mol. The zero-order valence-electron chi connectivity index (χ0n) is 15.5. The van der Waals surface area contributed by atoms with E-state index in [9.17, 15) is 27.6 Å². The van der Waals surface area contributed by atoms with E-state index in [1.807, 2.05) is 0 Å². The number of Topliss-reactive ketones (excluding diaryl/α,β-unsaturated/α-hetero) is 1. The molecule has 0 unspecified atom stereocenters. The Morgan fingerprint density at radius 1 is 0.900 bits per heavy atom. The van der Waals surface area contributed by atoms with Crippen LogP contribution in [0.15, 0.2) is 53.3 Å². The van der Waals surface area contributed by atoms with E-state index in [1.54, 1.807) is 0 Å². The molecule has 0 atom stereocenters. The first-order chi connectivity index (χ1) is 14.3. The summed E-state index contributed by atoms with van der Waals surface area (Å²) in [5.74, 6) is -3.37. The number of carbonyl (C=O) groups excluding carboxylic acids is 2. The summed E-state index contributed by atoms with van der Waals surface area (Å²) < 4.78 is 41.9. The number of hydrogen-bond donors (Lipinski definition) is 1. The van der Waals surface area contributed by atoms with Gasteiger partial charge in [-0.05, 0) is 55.3 Å². The molecule has 8 heteroatoms. The lowest BCUT2D eigenvalue weighted by Gasteiger charge is -2.21. The van der Waals surface area contributed by atoms with Crippen molar-refractivity contribution in [3.05, 3.63) is 93.2 Å². The zero-order valence-corrected chi connectivity index (χ0v) is 15.5. The molecule has 0 saturated carbocycles. The molecule has 1 heterocycles. The van der Waals surface area contributed by atoms with Crippen LogP contribution >= 0.6 is 0 Å². The van der Waals surface area contributed by atoms with Gasteiger partial charge in [-0.1, -0.05) is 0 Å². The quantitative estimate of drug-likeness (QED) is 0.707. The van der Waals surface area contributed by atoms with Crippen molar-refractivity contribution < 1.29 is 22.8 Å². The molecule has 1 aliphatic rings. The molecule has 1 N–H and O–H groups in total. The van der Waals surface area contributed by atoms with Gasteiger partial charge in [0.2, 0.25) is 0 Å². The Hall–Kier alpha value is -3.68. The summed E-state index contributed by atoms with van der Waals surface area (Å²) in [6, 6.07) is 8.76. The fourth-order valence-corrected chi connectivity index (χ4v) is 3.50. The number of hydrogen-bond acceptors (Lipinski definition) is 3. The van der Waals surface area contributed by atoms with E-state index in [2.05, 4.69) is 5.32 Å². The minimum absolute atomic E-state index is 0.204. The normalized spacial score (nSPS) is 13.1. The van der Waals surface area contributed by atoms with Gasteiger partial charge in [0.25, 0.3) is 11.5 Å². The van der Waals surface area contributed by atoms with Gasteiger partial charge in [-0.25, -0.2) is 13.2 Å². The molecule has 2 aromatic carbocycles. The molecule has 1 aromatic heterocycles. The second-order valence-electron chi connectivity index (χ2n) is 6.89. The lowest BCUT2D eigenvalue weighted by molar-refractivity contribution is 0.0971. The van der Waals surface area contributed by atoms with Crippen LogP contribution < -0.4 is 10.9 Å². The highest BCUT2D eigenvalue weighted by molar-refractivity contribution is 6.06. The maximum Gasteiger partial charge on any atom is 0.268 e. The second kappa shape index (κ2) is 7.62. The summed E-state index contributed by atoms with van der Waals surface area (Å²) in [5, 5.41) is 2.18. The van der Waals surface area contributed by atoms with E-state index in [4.69, 9.17) is 0 Å². The van der Waals surface area contributed by atoms with Gasteiger partial charge in [0.05, 0.1) is 5.69 Å². The predicted octanol–water partition coefficient (Wildman–Crippen LogP) is 4.03. The molecule has 0 saturated heterocycles. The Bertz CT molecular complexity index is 1230. The van der Waals surface area contributed by atoms with Crippen molar-refractivity contribution >= 4 is 17.4 Å². The lowest BCUT2D eigenvalue weighted by atomic mass is 9.92. The van der Waals surface area contributed by atoms with Gasteiger partial charge in [0.15, 0.2) is 5.78 Å². The van der Waals surface area contributed by atoms with Gasteiger partial charge in [0, 0.05) is 29.4 Å². The molecule has 0 fully saturated rings. The standard InChI is InChI=1S/C22H15F3N2O3/c23-12-4-7-14(8-5-12)27-19-2-1-3-20(28)15(19)11-16(22(27)30)21(29)26-18-10-13(24)6-9-17(18)25/h4-11H,1-3H2,(H,26,29). The number of anilines is 1. The molecule has 152 valence electrons. The van der Waals surface area contributed by atoms with E-state index in [0.717, 1.165) is 30.3 Å². The van der Waals surface area contributed by atoms with Crippen molar-refractivity contribution in [3.8, 4) is 5.69 Å². The van der Waals surface area contributed by atoms with Gasteiger partial charge in [-0.3, -0.25) is 19.0 Å². The van der Waals surface area contributed by atoms with Gasteiger partial charge in [-0.2, -0.15) is 0 Å². The van der Waals surface area contributed by atoms with Gasteiger partial charge in [-0.15, -0.1) is 0 Å². The molecule has 0 aliphatic heterocycles. The summed E-state index contributed by atoms with van der Waals surface area (Å²) in [6.07, 6.45) is 1.22. The van der Waals surface area contributed by atoms with Crippen LogP contribution in [0.5, 0.6) is 0 Å². The summed E-state index contributed by atoms with van der Waals surface area (Å²) >= 11 is 0. The Morgan fingerprint density at radius 2 is 1.60 bits per heavy atom. The number of amides is 1. The second-order valence-corrected chi connectivity index (χ2v) is 6.89. The fraction of sp³-hybridized carbons (Fsp3) is 0.136. The maximum atomic E-state index is 13.9. The molecule has 0 radical (unpaired) electrons. The van der Waals surface area contributed by atoms with Gasteiger partial charge in [0.1, 0.15) is 23.0 Å². The molecule has 5 nitrogen and oxygen atoms in total. The van der Waals surface area contributed by atoms with Crippen molar-refractivity contribution in [2.75, 3.05) is 5.32 Å². The first-order valence-corrected chi connectivity index (χ1v) is 9.19.